The number of thiophene rings is 1. The maximum absolute atomic E-state index is 6.40. The van der Waals surface area contributed by atoms with E-state index < -0.39 is 0 Å². The molecule has 0 spiro atoms. The van der Waals surface area contributed by atoms with Crippen molar-refractivity contribution < 1.29 is 4.74 Å². The highest BCUT2D eigenvalue weighted by molar-refractivity contribution is 7.10. The zero-order valence-corrected chi connectivity index (χ0v) is 13.8. The van der Waals surface area contributed by atoms with Crippen LogP contribution in [0.3, 0.4) is 0 Å². The van der Waals surface area contributed by atoms with Crippen LogP contribution in [0.5, 0.6) is 5.75 Å². The van der Waals surface area contributed by atoms with E-state index in [1.165, 1.54) is 0 Å². The van der Waals surface area contributed by atoms with Gasteiger partial charge in [0.1, 0.15) is 5.75 Å². The van der Waals surface area contributed by atoms with E-state index in [2.05, 4.69) is 22.8 Å². The molecule has 0 saturated carbocycles. The Balaban J connectivity index is 2.34. The molecule has 20 heavy (non-hydrogen) atoms. The van der Waals surface area contributed by atoms with Gasteiger partial charge in [-0.2, -0.15) is 0 Å². The van der Waals surface area contributed by atoms with E-state index in [0.717, 1.165) is 26.8 Å². The molecular formula is C16H20ClNOS. The highest BCUT2D eigenvalue weighted by Gasteiger charge is 2.18. The standard InChI is InChI=1S/C16H20ClNOS/c1-10(2)19-13-7-5-6-12(8-13)15(18-4)16-14(17)11(3)9-20-16/h5-10,15,18H,1-4H3. The van der Waals surface area contributed by atoms with Crippen molar-refractivity contribution in [3.63, 3.8) is 0 Å². The van der Waals surface area contributed by atoms with Gasteiger partial charge >= 0.3 is 0 Å². The quantitative estimate of drug-likeness (QED) is 0.856. The summed E-state index contributed by atoms with van der Waals surface area (Å²) in [7, 11) is 1.95. The van der Waals surface area contributed by atoms with E-state index in [0.29, 0.717) is 0 Å². The van der Waals surface area contributed by atoms with E-state index in [1.54, 1.807) is 11.3 Å². The van der Waals surface area contributed by atoms with Gasteiger partial charge in [0, 0.05) is 4.88 Å². The van der Waals surface area contributed by atoms with Crippen LogP contribution in [0, 0.1) is 6.92 Å². The van der Waals surface area contributed by atoms with Gasteiger partial charge in [-0.05, 0) is 56.5 Å². The molecule has 2 aromatic rings. The van der Waals surface area contributed by atoms with Crippen molar-refractivity contribution in [2.45, 2.75) is 32.9 Å². The third kappa shape index (κ3) is 3.35. The van der Waals surface area contributed by atoms with Crippen molar-refractivity contribution in [1.82, 2.24) is 5.32 Å². The Hall–Kier alpha value is -1.03. The van der Waals surface area contributed by atoms with Gasteiger partial charge in [-0.3, -0.25) is 0 Å². The van der Waals surface area contributed by atoms with E-state index in [1.807, 2.05) is 40.0 Å². The first kappa shape index (κ1) is 15.4. The van der Waals surface area contributed by atoms with Crippen LogP contribution in [0.15, 0.2) is 29.6 Å². The van der Waals surface area contributed by atoms with Crippen LogP contribution in [0.25, 0.3) is 0 Å². The maximum atomic E-state index is 6.40. The second-order valence-electron chi connectivity index (χ2n) is 5.06. The number of hydrogen-bond acceptors (Lipinski definition) is 3. The molecule has 1 aromatic heterocycles. The summed E-state index contributed by atoms with van der Waals surface area (Å²) in [5, 5.41) is 6.28. The summed E-state index contributed by atoms with van der Waals surface area (Å²) >= 11 is 8.08. The van der Waals surface area contributed by atoms with Gasteiger partial charge in [0.15, 0.2) is 0 Å². The molecule has 1 unspecified atom stereocenters. The molecule has 0 bridgehead atoms. The fraction of sp³-hybridized carbons (Fsp3) is 0.375. The van der Waals surface area contributed by atoms with Crippen LogP contribution >= 0.6 is 22.9 Å². The lowest BCUT2D eigenvalue weighted by Gasteiger charge is -2.18. The molecule has 2 nitrogen and oxygen atoms in total. The molecule has 0 aliphatic carbocycles. The second-order valence-corrected chi connectivity index (χ2v) is 6.35. The van der Waals surface area contributed by atoms with Crippen molar-refractivity contribution >= 4 is 22.9 Å². The predicted octanol–water partition coefficient (Wildman–Crippen LogP) is 4.81. The lowest BCUT2D eigenvalue weighted by Crippen LogP contribution is -2.17. The molecule has 4 heteroatoms. The Bertz CT molecular complexity index is 580. The van der Waals surface area contributed by atoms with Gasteiger partial charge in [-0.15, -0.1) is 11.3 Å². The predicted molar refractivity (Wildman–Crippen MR) is 87.2 cm³/mol. The molecular weight excluding hydrogens is 290 g/mol. The Morgan fingerprint density at radius 2 is 2.05 bits per heavy atom. The summed E-state index contributed by atoms with van der Waals surface area (Å²) in [4.78, 5) is 1.15. The summed E-state index contributed by atoms with van der Waals surface area (Å²) in [6.45, 7) is 6.09. The molecule has 108 valence electrons. The summed E-state index contributed by atoms with van der Waals surface area (Å²) in [6, 6.07) is 8.27. The SMILES string of the molecule is CNC(c1cccc(OC(C)C)c1)c1scc(C)c1Cl. The molecule has 1 atom stereocenters. The highest BCUT2D eigenvalue weighted by Crippen LogP contribution is 2.36. The van der Waals surface area contributed by atoms with Crippen molar-refractivity contribution in [2.24, 2.45) is 0 Å². The minimum absolute atomic E-state index is 0.0944. The average Bonchev–Trinajstić information content (AvgIpc) is 2.72. The maximum Gasteiger partial charge on any atom is 0.120 e. The molecule has 0 radical (unpaired) electrons. The smallest absolute Gasteiger partial charge is 0.120 e. The summed E-state index contributed by atoms with van der Waals surface area (Å²) < 4.78 is 5.76. The van der Waals surface area contributed by atoms with Crippen molar-refractivity contribution in [1.29, 1.82) is 0 Å². The first-order valence-electron chi connectivity index (χ1n) is 6.70. The van der Waals surface area contributed by atoms with Crippen molar-refractivity contribution in [2.75, 3.05) is 7.05 Å². The summed E-state index contributed by atoms with van der Waals surface area (Å²) in [6.07, 6.45) is 0.172. The van der Waals surface area contributed by atoms with E-state index in [4.69, 9.17) is 16.3 Å². The molecule has 0 aliphatic rings. The Labute approximate surface area is 129 Å². The van der Waals surface area contributed by atoms with Crippen molar-refractivity contribution in [3.05, 3.63) is 50.7 Å². The van der Waals surface area contributed by atoms with Gasteiger partial charge in [0.05, 0.1) is 17.2 Å². The van der Waals surface area contributed by atoms with Crippen LogP contribution in [0.1, 0.15) is 35.9 Å². The van der Waals surface area contributed by atoms with Crippen LogP contribution in [-0.2, 0) is 0 Å². The van der Waals surface area contributed by atoms with Crippen molar-refractivity contribution in [3.8, 4) is 5.75 Å². The fourth-order valence-corrected chi connectivity index (χ4v) is 3.57. The van der Waals surface area contributed by atoms with Gasteiger partial charge in [-0.1, -0.05) is 23.7 Å². The van der Waals surface area contributed by atoms with Gasteiger partial charge < -0.3 is 10.1 Å². The molecule has 0 aliphatic heterocycles. The fourth-order valence-electron chi connectivity index (χ4n) is 2.13. The van der Waals surface area contributed by atoms with E-state index in [9.17, 15) is 0 Å². The van der Waals surface area contributed by atoms with Crippen LogP contribution in [0.4, 0.5) is 0 Å². The first-order chi connectivity index (χ1) is 9.52. The van der Waals surface area contributed by atoms with Gasteiger partial charge in [0.2, 0.25) is 0 Å². The minimum atomic E-state index is 0.0944. The summed E-state index contributed by atoms with van der Waals surface area (Å²) in [5.41, 5.74) is 2.29. The molecule has 0 saturated heterocycles. The van der Waals surface area contributed by atoms with E-state index >= 15 is 0 Å². The number of ether oxygens (including phenoxy) is 1. The van der Waals surface area contributed by atoms with Gasteiger partial charge in [-0.25, -0.2) is 0 Å². The number of aryl methyl sites for hydroxylation is 1. The first-order valence-corrected chi connectivity index (χ1v) is 7.96. The van der Waals surface area contributed by atoms with E-state index in [-0.39, 0.29) is 12.1 Å². The molecule has 1 N–H and O–H groups in total. The van der Waals surface area contributed by atoms with Crippen LogP contribution in [0.2, 0.25) is 5.02 Å². The normalized spacial score (nSPS) is 12.7. The second kappa shape index (κ2) is 6.61. The zero-order valence-electron chi connectivity index (χ0n) is 12.2. The van der Waals surface area contributed by atoms with Crippen LogP contribution in [-0.4, -0.2) is 13.2 Å². The number of rotatable bonds is 5. The Morgan fingerprint density at radius 3 is 2.60 bits per heavy atom. The number of nitrogens with one attached hydrogen (secondary N) is 1. The number of hydrogen-bond donors (Lipinski definition) is 1. The Kier molecular flexibility index (Phi) is 5.08. The number of halogens is 1. The third-order valence-electron chi connectivity index (χ3n) is 3.04. The molecule has 1 aromatic carbocycles. The zero-order chi connectivity index (χ0) is 14.7. The van der Waals surface area contributed by atoms with Gasteiger partial charge in [0.25, 0.3) is 0 Å². The Morgan fingerprint density at radius 1 is 1.30 bits per heavy atom. The van der Waals surface area contributed by atoms with Crippen LogP contribution < -0.4 is 10.1 Å². The molecule has 0 fully saturated rings. The molecule has 0 amide bonds. The monoisotopic (exact) mass is 309 g/mol. The largest absolute Gasteiger partial charge is 0.491 e. The molecule has 2 rings (SSSR count). The highest BCUT2D eigenvalue weighted by atomic mass is 35.5. The topological polar surface area (TPSA) is 21.3 Å². The third-order valence-corrected chi connectivity index (χ3v) is 4.82. The molecule has 1 heterocycles. The number of benzene rings is 1. The summed E-state index contributed by atoms with van der Waals surface area (Å²) in [5.74, 6) is 0.891. The minimum Gasteiger partial charge on any atom is -0.491 e. The lowest BCUT2D eigenvalue weighted by atomic mass is 10.0. The lowest BCUT2D eigenvalue weighted by molar-refractivity contribution is 0.242. The average molecular weight is 310 g/mol.